The number of amides is 2. The Morgan fingerprint density at radius 1 is 1.50 bits per heavy atom. The lowest BCUT2D eigenvalue weighted by atomic mass is 10.2. The maximum Gasteiger partial charge on any atom is 0.326 e. The second kappa shape index (κ2) is 4.72. The molecule has 0 saturated heterocycles. The maximum absolute atomic E-state index is 11.5. The van der Waals surface area contributed by atoms with Crippen molar-refractivity contribution in [2.45, 2.75) is 52.1 Å². The molecule has 2 atom stereocenters. The van der Waals surface area contributed by atoms with E-state index in [-0.39, 0.29) is 17.5 Å². The Kier molecular flexibility index (Phi) is 3.78. The van der Waals surface area contributed by atoms with Gasteiger partial charge < -0.3 is 15.7 Å². The van der Waals surface area contributed by atoms with E-state index in [4.69, 9.17) is 5.11 Å². The smallest absolute Gasteiger partial charge is 0.326 e. The van der Waals surface area contributed by atoms with E-state index in [2.05, 4.69) is 24.5 Å². The van der Waals surface area contributed by atoms with Crippen LogP contribution in [0.15, 0.2) is 0 Å². The van der Waals surface area contributed by atoms with Crippen molar-refractivity contribution in [2.75, 3.05) is 0 Å². The van der Waals surface area contributed by atoms with Crippen molar-refractivity contribution in [3.8, 4) is 0 Å². The topological polar surface area (TPSA) is 78.4 Å². The molecular formula is C11H20N2O3. The highest BCUT2D eigenvalue weighted by Gasteiger charge is 2.46. The lowest BCUT2D eigenvalue weighted by Gasteiger charge is -2.14. The number of hydrogen-bond donors (Lipinski definition) is 3. The first-order valence-electron chi connectivity index (χ1n) is 5.66. The molecule has 0 bridgehead atoms. The van der Waals surface area contributed by atoms with Crippen molar-refractivity contribution >= 4 is 12.0 Å². The lowest BCUT2D eigenvalue weighted by molar-refractivity contribution is -0.139. The van der Waals surface area contributed by atoms with Crippen LogP contribution in [0.2, 0.25) is 0 Å². The van der Waals surface area contributed by atoms with Crippen molar-refractivity contribution in [1.29, 1.82) is 0 Å². The van der Waals surface area contributed by atoms with Gasteiger partial charge in [0, 0.05) is 6.04 Å². The summed E-state index contributed by atoms with van der Waals surface area (Å²) in [5, 5.41) is 14.1. The van der Waals surface area contributed by atoms with Crippen molar-refractivity contribution in [3.63, 3.8) is 0 Å². The molecule has 5 nitrogen and oxygen atoms in total. The summed E-state index contributed by atoms with van der Waals surface area (Å²) in [6.07, 6.45) is 2.13. The molecule has 1 aliphatic carbocycles. The van der Waals surface area contributed by atoms with Gasteiger partial charge in [-0.3, -0.25) is 0 Å². The van der Waals surface area contributed by atoms with Crippen molar-refractivity contribution in [3.05, 3.63) is 0 Å². The third-order valence-corrected chi connectivity index (χ3v) is 3.00. The molecule has 16 heavy (non-hydrogen) atoms. The molecule has 0 spiro atoms. The quantitative estimate of drug-likeness (QED) is 0.664. The Morgan fingerprint density at radius 2 is 2.06 bits per heavy atom. The third-order valence-electron chi connectivity index (χ3n) is 3.00. The van der Waals surface area contributed by atoms with Gasteiger partial charge in [0.2, 0.25) is 0 Å². The van der Waals surface area contributed by atoms with Gasteiger partial charge >= 0.3 is 12.0 Å². The number of nitrogens with one attached hydrogen (secondary N) is 2. The van der Waals surface area contributed by atoms with Crippen LogP contribution in [0.5, 0.6) is 0 Å². The lowest BCUT2D eigenvalue weighted by Crippen LogP contribution is -2.47. The summed E-state index contributed by atoms with van der Waals surface area (Å²) in [6.45, 7) is 6.02. The molecular weight excluding hydrogens is 208 g/mol. The van der Waals surface area contributed by atoms with Crippen LogP contribution in [0.25, 0.3) is 0 Å². The first kappa shape index (κ1) is 12.8. The maximum atomic E-state index is 11.5. The Balaban J connectivity index is 2.34. The van der Waals surface area contributed by atoms with E-state index in [0.717, 1.165) is 12.8 Å². The molecule has 92 valence electrons. The Morgan fingerprint density at radius 3 is 2.44 bits per heavy atom. The van der Waals surface area contributed by atoms with E-state index in [9.17, 15) is 9.59 Å². The monoisotopic (exact) mass is 228 g/mol. The predicted octanol–water partition coefficient (Wildman–Crippen LogP) is 1.34. The van der Waals surface area contributed by atoms with Crippen molar-refractivity contribution < 1.29 is 14.7 Å². The fourth-order valence-corrected chi connectivity index (χ4v) is 1.62. The number of hydrogen-bond acceptors (Lipinski definition) is 2. The first-order chi connectivity index (χ1) is 7.36. The van der Waals surface area contributed by atoms with Gasteiger partial charge in [-0.05, 0) is 18.3 Å². The van der Waals surface area contributed by atoms with E-state index in [0.29, 0.717) is 6.42 Å². The van der Waals surface area contributed by atoms with Gasteiger partial charge in [-0.1, -0.05) is 27.2 Å². The predicted molar refractivity (Wildman–Crippen MR) is 60.2 cm³/mol. The first-order valence-corrected chi connectivity index (χ1v) is 5.66. The molecule has 1 saturated carbocycles. The Labute approximate surface area is 95.6 Å². The Bertz CT molecular complexity index is 289. The average molecular weight is 228 g/mol. The summed E-state index contributed by atoms with van der Waals surface area (Å²) in [5.74, 6) is -0.980. The van der Waals surface area contributed by atoms with Gasteiger partial charge in [0.05, 0.1) is 0 Å². The normalized spacial score (nSPS) is 23.3. The number of carbonyl (C=O) groups excluding carboxylic acids is 1. The molecule has 0 aromatic heterocycles. The molecule has 2 amide bonds. The van der Waals surface area contributed by atoms with E-state index < -0.39 is 12.0 Å². The fourth-order valence-electron chi connectivity index (χ4n) is 1.62. The van der Waals surface area contributed by atoms with E-state index in [1.54, 1.807) is 0 Å². The van der Waals surface area contributed by atoms with Gasteiger partial charge in [-0.2, -0.15) is 0 Å². The van der Waals surface area contributed by atoms with Crippen LogP contribution in [0.1, 0.15) is 40.0 Å². The minimum Gasteiger partial charge on any atom is -0.480 e. The number of carbonyl (C=O) groups is 2. The van der Waals surface area contributed by atoms with Crippen LogP contribution < -0.4 is 10.6 Å². The highest BCUT2D eigenvalue weighted by atomic mass is 16.4. The van der Waals surface area contributed by atoms with Gasteiger partial charge in [0.1, 0.15) is 6.04 Å². The molecule has 1 unspecified atom stereocenters. The number of rotatable bonds is 5. The second-order valence-corrected chi connectivity index (χ2v) is 5.04. The van der Waals surface area contributed by atoms with E-state index >= 15 is 0 Å². The zero-order chi connectivity index (χ0) is 12.3. The number of urea groups is 1. The molecule has 1 rings (SSSR count). The van der Waals surface area contributed by atoms with Crippen LogP contribution in [0.3, 0.4) is 0 Å². The van der Waals surface area contributed by atoms with Gasteiger partial charge in [-0.25, -0.2) is 9.59 Å². The van der Waals surface area contributed by atoms with E-state index in [1.165, 1.54) is 0 Å². The third kappa shape index (κ3) is 3.40. The molecule has 5 heteroatoms. The zero-order valence-electron chi connectivity index (χ0n) is 10.0. The number of aliphatic carboxylic acids is 1. The minimum absolute atomic E-state index is 0.154. The highest BCUT2D eigenvalue weighted by molar-refractivity contribution is 5.82. The molecule has 1 fully saturated rings. The molecule has 0 aromatic rings. The number of carboxylic acid groups (broad SMARTS) is 1. The van der Waals surface area contributed by atoms with Crippen molar-refractivity contribution in [2.24, 2.45) is 5.41 Å². The molecule has 0 aliphatic heterocycles. The summed E-state index contributed by atoms with van der Waals surface area (Å²) >= 11 is 0. The van der Waals surface area contributed by atoms with Crippen LogP contribution in [0.4, 0.5) is 4.79 Å². The minimum atomic E-state index is -0.980. The molecule has 0 radical (unpaired) electrons. The molecule has 1 aliphatic rings. The van der Waals surface area contributed by atoms with Gasteiger partial charge in [-0.15, -0.1) is 0 Å². The summed E-state index contributed by atoms with van der Waals surface area (Å²) in [6, 6.07) is -0.994. The standard InChI is InChI=1S/C11H20N2O3/c1-4-5-7(9(14)15)12-10(16)13-8-6-11(8,2)3/h7-8H,4-6H2,1-3H3,(H,14,15)(H2,12,13,16)/t7-,8?/m1/s1. The summed E-state index contributed by atoms with van der Waals surface area (Å²) in [5.41, 5.74) is 0.154. The molecule has 3 N–H and O–H groups in total. The van der Waals surface area contributed by atoms with Crippen LogP contribution >= 0.6 is 0 Å². The molecule has 0 aromatic carbocycles. The average Bonchev–Trinajstić information content (AvgIpc) is 2.72. The largest absolute Gasteiger partial charge is 0.480 e. The summed E-state index contributed by atoms with van der Waals surface area (Å²) < 4.78 is 0. The second-order valence-electron chi connectivity index (χ2n) is 5.04. The van der Waals surface area contributed by atoms with Crippen LogP contribution in [-0.4, -0.2) is 29.2 Å². The summed E-state index contributed by atoms with van der Waals surface area (Å²) in [4.78, 5) is 22.3. The summed E-state index contributed by atoms with van der Waals surface area (Å²) in [7, 11) is 0. The highest BCUT2D eigenvalue weighted by Crippen LogP contribution is 2.44. The van der Waals surface area contributed by atoms with Crippen LogP contribution in [0, 0.1) is 5.41 Å². The number of carboxylic acids is 1. The molecule has 0 heterocycles. The van der Waals surface area contributed by atoms with Crippen LogP contribution in [-0.2, 0) is 4.79 Å². The fraction of sp³-hybridized carbons (Fsp3) is 0.818. The SMILES string of the molecule is CCC[C@@H](NC(=O)NC1CC1(C)C)C(=O)O. The van der Waals surface area contributed by atoms with Crippen molar-refractivity contribution in [1.82, 2.24) is 10.6 Å². The van der Waals surface area contributed by atoms with E-state index in [1.807, 2.05) is 6.92 Å². The van der Waals surface area contributed by atoms with Gasteiger partial charge in [0.25, 0.3) is 0 Å². The van der Waals surface area contributed by atoms with Gasteiger partial charge in [0.15, 0.2) is 0 Å². The Hall–Kier alpha value is -1.26. The zero-order valence-corrected chi connectivity index (χ0v) is 10.0.